The normalized spacial score (nSPS) is 18.2. The van der Waals surface area contributed by atoms with Crippen molar-refractivity contribution in [3.63, 3.8) is 0 Å². The molecule has 1 aromatic rings. The Bertz CT molecular complexity index is 377. The molecule has 0 spiro atoms. The molecule has 1 aliphatic carbocycles. The van der Waals surface area contributed by atoms with Gasteiger partial charge in [0.25, 0.3) is 0 Å². The molecule has 18 heavy (non-hydrogen) atoms. The van der Waals surface area contributed by atoms with Gasteiger partial charge in [-0.15, -0.1) is 0 Å². The summed E-state index contributed by atoms with van der Waals surface area (Å²) in [4.78, 5) is 4.53. The van der Waals surface area contributed by atoms with E-state index < -0.39 is 0 Å². The van der Waals surface area contributed by atoms with Crippen LogP contribution in [0.15, 0.2) is 18.3 Å². The molecule has 1 N–H and O–H groups in total. The zero-order valence-corrected chi connectivity index (χ0v) is 12.2. The van der Waals surface area contributed by atoms with E-state index >= 15 is 0 Å². The molecule has 0 radical (unpaired) electrons. The van der Waals surface area contributed by atoms with Crippen molar-refractivity contribution in [3.05, 3.63) is 23.9 Å². The number of anilines is 1. The number of hydrogen-bond donors (Lipinski definition) is 1. The molecule has 0 aromatic carbocycles. The van der Waals surface area contributed by atoms with Gasteiger partial charge in [-0.05, 0) is 41.7 Å². The third-order valence-electron chi connectivity index (χ3n) is 4.44. The summed E-state index contributed by atoms with van der Waals surface area (Å²) in [5, 5.41) is 3.51. The topological polar surface area (TPSA) is 24.9 Å². The summed E-state index contributed by atoms with van der Waals surface area (Å²) in [6.45, 7) is 10.0. The molecule has 2 rings (SSSR count). The molecule has 0 atom stereocenters. The largest absolute Gasteiger partial charge is 0.370 e. The molecule has 0 unspecified atom stereocenters. The standard InChI is InChI=1S/C16H26N2/c1-5-16(9-6-10-16)12-18-14-8-7-13(11-17-14)15(2,3)4/h7-8,11H,5-6,9-10,12H2,1-4H3,(H,17,18). The highest BCUT2D eigenvalue weighted by Gasteiger charge is 2.34. The number of hydrogen-bond acceptors (Lipinski definition) is 2. The van der Waals surface area contributed by atoms with E-state index in [-0.39, 0.29) is 5.41 Å². The molecule has 1 aliphatic rings. The smallest absolute Gasteiger partial charge is 0.125 e. The van der Waals surface area contributed by atoms with E-state index in [0.29, 0.717) is 5.41 Å². The minimum atomic E-state index is 0.185. The van der Waals surface area contributed by atoms with Gasteiger partial charge in [-0.2, -0.15) is 0 Å². The van der Waals surface area contributed by atoms with Crippen molar-refractivity contribution in [3.8, 4) is 0 Å². The Kier molecular flexibility index (Phi) is 3.65. The van der Waals surface area contributed by atoms with Crippen LogP contribution in [0.4, 0.5) is 5.82 Å². The average molecular weight is 246 g/mol. The van der Waals surface area contributed by atoms with E-state index in [2.05, 4.69) is 50.1 Å². The predicted octanol–water partition coefficient (Wildman–Crippen LogP) is 4.37. The second-order valence-electron chi connectivity index (χ2n) is 6.74. The van der Waals surface area contributed by atoms with Gasteiger partial charge in [0, 0.05) is 12.7 Å². The SMILES string of the molecule is CCC1(CNc2ccc(C(C)(C)C)cn2)CCC1. The second-order valence-corrected chi connectivity index (χ2v) is 6.74. The molecule has 0 bridgehead atoms. The Labute approximate surface area is 111 Å². The molecule has 1 saturated carbocycles. The van der Waals surface area contributed by atoms with Gasteiger partial charge in [0.2, 0.25) is 0 Å². The maximum Gasteiger partial charge on any atom is 0.125 e. The zero-order valence-electron chi connectivity index (χ0n) is 12.2. The summed E-state index contributed by atoms with van der Waals surface area (Å²) in [6, 6.07) is 4.30. The predicted molar refractivity (Wildman–Crippen MR) is 78.0 cm³/mol. The van der Waals surface area contributed by atoms with Crippen LogP contribution in [0.2, 0.25) is 0 Å². The lowest BCUT2D eigenvalue weighted by atomic mass is 9.67. The summed E-state index contributed by atoms with van der Waals surface area (Å²) >= 11 is 0. The van der Waals surface area contributed by atoms with Crippen LogP contribution >= 0.6 is 0 Å². The van der Waals surface area contributed by atoms with E-state index in [1.807, 2.05) is 6.20 Å². The molecular weight excluding hydrogens is 220 g/mol. The molecule has 0 aliphatic heterocycles. The van der Waals surface area contributed by atoms with Crippen molar-refractivity contribution in [1.29, 1.82) is 0 Å². The van der Waals surface area contributed by atoms with Gasteiger partial charge < -0.3 is 5.32 Å². The van der Waals surface area contributed by atoms with Crippen LogP contribution in [0.1, 0.15) is 58.9 Å². The van der Waals surface area contributed by atoms with Crippen LogP contribution in [0.25, 0.3) is 0 Å². The van der Waals surface area contributed by atoms with Crippen LogP contribution in [0.5, 0.6) is 0 Å². The van der Waals surface area contributed by atoms with Gasteiger partial charge in [0.05, 0.1) is 0 Å². The van der Waals surface area contributed by atoms with Crippen molar-refractivity contribution < 1.29 is 0 Å². The first kappa shape index (κ1) is 13.4. The molecule has 0 amide bonds. The van der Waals surface area contributed by atoms with Gasteiger partial charge in [-0.1, -0.05) is 40.2 Å². The number of aromatic nitrogens is 1. The Morgan fingerprint density at radius 1 is 1.28 bits per heavy atom. The monoisotopic (exact) mass is 246 g/mol. The van der Waals surface area contributed by atoms with E-state index in [1.165, 1.54) is 31.2 Å². The first-order valence-corrected chi connectivity index (χ1v) is 7.16. The summed E-state index contributed by atoms with van der Waals surface area (Å²) < 4.78 is 0. The van der Waals surface area contributed by atoms with Crippen LogP contribution in [-0.4, -0.2) is 11.5 Å². The number of rotatable bonds is 4. The highest BCUT2D eigenvalue weighted by Crippen LogP contribution is 2.43. The molecule has 100 valence electrons. The maximum absolute atomic E-state index is 4.53. The fourth-order valence-corrected chi connectivity index (χ4v) is 2.55. The maximum atomic E-state index is 4.53. The lowest BCUT2D eigenvalue weighted by molar-refractivity contribution is 0.145. The number of pyridine rings is 1. The summed E-state index contributed by atoms with van der Waals surface area (Å²) in [6.07, 6.45) is 7.42. The van der Waals surface area contributed by atoms with Gasteiger partial charge in [-0.25, -0.2) is 4.98 Å². The number of nitrogens with zero attached hydrogens (tertiary/aromatic N) is 1. The lowest BCUT2D eigenvalue weighted by Crippen LogP contribution is -2.36. The Morgan fingerprint density at radius 2 is 2.00 bits per heavy atom. The minimum Gasteiger partial charge on any atom is -0.370 e. The van der Waals surface area contributed by atoms with Crippen molar-refractivity contribution in [1.82, 2.24) is 4.98 Å². The fourth-order valence-electron chi connectivity index (χ4n) is 2.55. The average Bonchev–Trinajstić information content (AvgIpc) is 2.28. The molecule has 2 heteroatoms. The van der Waals surface area contributed by atoms with Gasteiger partial charge in [-0.3, -0.25) is 0 Å². The first-order chi connectivity index (χ1) is 8.45. The molecule has 1 aromatic heterocycles. The second kappa shape index (κ2) is 4.91. The van der Waals surface area contributed by atoms with Gasteiger partial charge in [0.1, 0.15) is 5.82 Å². The Hall–Kier alpha value is -1.05. The Morgan fingerprint density at radius 3 is 2.39 bits per heavy atom. The first-order valence-electron chi connectivity index (χ1n) is 7.16. The van der Waals surface area contributed by atoms with Crippen LogP contribution in [0, 0.1) is 5.41 Å². The zero-order chi connectivity index (χ0) is 13.2. The molecule has 1 heterocycles. The quantitative estimate of drug-likeness (QED) is 0.853. The van der Waals surface area contributed by atoms with Crippen molar-refractivity contribution >= 4 is 5.82 Å². The van der Waals surface area contributed by atoms with Crippen LogP contribution < -0.4 is 5.32 Å². The van der Waals surface area contributed by atoms with Gasteiger partial charge in [0.15, 0.2) is 0 Å². The van der Waals surface area contributed by atoms with Crippen molar-refractivity contribution in [2.45, 2.75) is 58.8 Å². The highest BCUT2D eigenvalue weighted by atomic mass is 15.0. The summed E-state index contributed by atoms with van der Waals surface area (Å²) in [5.74, 6) is 1.02. The lowest BCUT2D eigenvalue weighted by Gasteiger charge is -2.41. The summed E-state index contributed by atoms with van der Waals surface area (Å²) in [5.41, 5.74) is 2.02. The van der Waals surface area contributed by atoms with E-state index in [0.717, 1.165) is 12.4 Å². The van der Waals surface area contributed by atoms with Gasteiger partial charge >= 0.3 is 0 Å². The third kappa shape index (κ3) is 2.85. The highest BCUT2D eigenvalue weighted by molar-refractivity contribution is 5.37. The van der Waals surface area contributed by atoms with Crippen molar-refractivity contribution in [2.24, 2.45) is 5.41 Å². The van der Waals surface area contributed by atoms with E-state index in [4.69, 9.17) is 0 Å². The Balaban J connectivity index is 1.94. The molecular formula is C16H26N2. The van der Waals surface area contributed by atoms with Crippen LogP contribution in [-0.2, 0) is 5.41 Å². The van der Waals surface area contributed by atoms with Crippen molar-refractivity contribution in [2.75, 3.05) is 11.9 Å². The molecule has 0 saturated heterocycles. The van der Waals surface area contributed by atoms with E-state index in [1.54, 1.807) is 0 Å². The summed E-state index contributed by atoms with van der Waals surface area (Å²) in [7, 11) is 0. The van der Waals surface area contributed by atoms with Crippen LogP contribution in [0.3, 0.4) is 0 Å². The van der Waals surface area contributed by atoms with E-state index in [9.17, 15) is 0 Å². The third-order valence-corrected chi connectivity index (χ3v) is 4.44. The molecule has 2 nitrogen and oxygen atoms in total. The number of nitrogens with one attached hydrogen (secondary N) is 1. The fraction of sp³-hybridized carbons (Fsp3) is 0.688. The molecule has 1 fully saturated rings. The minimum absolute atomic E-state index is 0.185.